The second-order valence-electron chi connectivity index (χ2n) is 3.18. The summed E-state index contributed by atoms with van der Waals surface area (Å²) in [5.74, 6) is -0.399. The maximum absolute atomic E-state index is 11.2. The van der Waals surface area contributed by atoms with Crippen molar-refractivity contribution in [2.24, 2.45) is 0 Å². The van der Waals surface area contributed by atoms with Crippen molar-refractivity contribution in [3.05, 3.63) is 37.5 Å². The van der Waals surface area contributed by atoms with Gasteiger partial charge in [0, 0.05) is 12.0 Å². The van der Waals surface area contributed by atoms with E-state index in [1.807, 2.05) is 0 Å². The van der Waals surface area contributed by atoms with Gasteiger partial charge in [-0.2, -0.15) is 0 Å². The fourth-order valence-electron chi connectivity index (χ4n) is 0.752. The van der Waals surface area contributed by atoms with Crippen LogP contribution in [0.2, 0.25) is 0 Å². The highest BCUT2D eigenvalue weighted by Gasteiger charge is 2.23. The van der Waals surface area contributed by atoms with Crippen molar-refractivity contribution in [3.8, 4) is 0 Å². The highest BCUT2D eigenvalue weighted by molar-refractivity contribution is 5.87. The molecule has 1 unspecified atom stereocenters. The average molecular weight is 180 g/mol. The Hall–Kier alpha value is -1.31. The molecule has 13 heavy (non-hydrogen) atoms. The minimum absolute atomic E-state index is 0.386. The van der Waals surface area contributed by atoms with E-state index in [-0.39, 0.29) is 0 Å². The summed E-state index contributed by atoms with van der Waals surface area (Å²) in [5.41, 5.74) is -0.283. The number of hydrogen-bond acceptors (Lipinski definition) is 2. The van der Waals surface area contributed by atoms with Crippen molar-refractivity contribution >= 4 is 5.97 Å². The lowest BCUT2D eigenvalue weighted by Crippen LogP contribution is -2.28. The Morgan fingerprint density at radius 1 is 1.54 bits per heavy atom. The van der Waals surface area contributed by atoms with Crippen molar-refractivity contribution in [1.29, 1.82) is 0 Å². The lowest BCUT2D eigenvalue weighted by Gasteiger charge is -2.24. The second kappa shape index (κ2) is 4.65. The van der Waals surface area contributed by atoms with Crippen LogP contribution in [0.25, 0.3) is 0 Å². The zero-order valence-corrected chi connectivity index (χ0v) is 8.30. The molecule has 2 heteroatoms. The molecule has 0 aromatic heterocycles. The number of carbonyl (C=O) groups is 1. The van der Waals surface area contributed by atoms with Gasteiger partial charge >= 0.3 is 5.97 Å². The fraction of sp³-hybridized carbons (Fsp3) is 0.364. The number of rotatable bonds is 5. The van der Waals surface area contributed by atoms with Gasteiger partial charge in [0.15, 0.2) is 0 Å². The van der Waals surface area contributed by atoms with Gasteiger partial charge < -0.3 is 4.74 Å². The molecule has 0 fully saturated rings. The molecule has 0 aliphatic carbocycles. The first-order valence-electron chi connectivity index (χ1n) is 4.08. The van der Waals surface area contributed by atoms with Gasteiger partial charge in [-0.15, -0.1) is 6.58 Å². The van der Waals surface area contributed by atoms with Gasteiger partial charge in [-0.25, -0.2) is 4.79 Å². The molecule has 1 atom stereocenters. The SMILES string of the molecule is C=CCC(C)(C=C)OC(=O)C(=C)C. The molecule has 0 heterocycles. The molecular weight excluding hydrogens is 164 g/mol. The molecule has 0 saturated carbocycles. The quantitative estimate of drug-likeness (QED) is 0.369. The van der Waals surface area contributed by atoms with Gasteiger partial charge in [0.25, 0.3) is 0 Å². The molecule has 0 aliphatic rings. The summed E-state index contributed by atoms with van der Waals surface area (Å²) in [6.45, 7) is 14.1. The van der Waals surface area contributed by atoms with E-state index in [2.05, 4.69) is 19.7 Å². The number of hydrogen-bond donors (Lipinski definition) is 0. The Morgan fingerprint density at radius 3 is 2.38 bits per heavy atom. The average Bonchev–Trinajstić information content (AvgIpc) is 2.04. The minimum Gasteiger partial charge on any atom is -0.451 e. The van der Waals surface area contributed by atoms with E-state index >= 15 is 0 Å². The summed E-state index contributed by atoms with van der Waals surface area (Å²) < 4.78 is 5.16. The molecule has 0 aromatic rings. The Labute approximate surface area is 79.6 Å². The smallest absolute Gasteiger partial charge is 0.333 e. The summed E-state index contributed by atoms with van der Waals surface area (Å²) in [6, 6.07) is 0. The van der Waals surface area contributed by atoms with Crippen LogP contribution in [0.3, 0.4) is 0 Å². The highest BCUT2D eigenvalue weighted by Crippen LogP contribution is 2.18. The van der Waals surface area contributed by atoms with E-state index in [1.165, 1.54) is 0 Å². The molecular formula is C11H16O2. The Kier molecular flexibility index (Phi) is 4.18. The molecule has 0 spiro atoms. The lowest BCUT2D eigenvalue weighted by molar-refractivity contribution is -0.148. The van der Waals surface area contributed by atoms with E-state index in [9.17, 15) is 4.79 Å². The summed E-state index contributed by atoms with van der Waals surface area (Å²) in [4.78, 5) is 11.2. The van der Waals surface area contributed by atoms with Crippen LogP contribution in [0.1, 0.15) is 20.3 Å². The Balaban J connectivity index is 4.43. The van der Waals surface area contributed by atoms with Crippen LogP contribution in [0.15, 0.2) is 37.5 Å². The lowest BCUT2D eigenvalue weighted by atomic mass is 10.0. The van der Waals surface area contributed by atoms with Gasteiger partial charge in [-0.05, 0) is 19.9 Å². The molecule has 0 N–H and O–H groups in total. The molecule has 0 amide bonds. The first-order chi connectivity index (χ1) is 5.95. The van der Waals surface area contributed by atoms with Crippen molar-refractivity contribution in [2.45, 2.75) is 25.9 Å². The highest BCUT2D eigenvalue weighted by atomic mass is 16.6. The zero-order chi connectivity index (χ0) is 10.5. The van der Waals surface area contributed by atoms with Crippen molar-refractivity contribution in [2.75, 3.05) is 0 Å². The van der Waals surface area contributed by atoms with E-state index < -0.39 is 11.6 Å². The maximum atomic E-state index is 11.2. The standard InChI is InChI=1S/C11H16O2/c1-6-8-11(5,7-2)13-10(12)9(3)4/h6-7H,1-3,8H2,4-5H3. The third kappa shape index (κ3) is 3.74. The van der Waals surface area contributed by atoms with Crippen LogP contribution in [0.4, 0.5) is 0 Å². The molecule has 0 rings (SSSR count). The Morgan fingerprint density at radius 2 is 2.08 bits per heavy atom. The van der Waals surface area contributed by atoms with Gasteiger partial charge in [0.1, 0.15) is 5.60 Å². The number of esters is 1. The normalized spacial score (nSPS) is 14.0. The molecule has 72 valence electrons. The van der Waals surface area contributed by atoms with E-state index in [0.29, 0.717) is 12.0 Å². The van der Waals surface area contributed by atoms with Crippen molar-refractivity contribution in [1.82, 2.24) is 0 Å². The molecule has 0 radical (unpaired) electrons. The molecule has 0 saturated heterocycles. The predicted octanol–water partition coefficient (Wildman–Crippen LogP) is 2.63. The largest absolute Gasteiger partial charge is 0.451 e. The zero-order valence-electron chi connectivity index (χ0n) is 8.30. The third-order valence-corrected chi connectivity index (χ3v) is 1.66. The maximum Gasteiger partial charge on any atom is 0.333 e. The molecule has 0 aliphatic heterocycles. The van der Waals surface area contributed by atoms with E-state index in [0.717, 1.165) is 0 Å². The first-order valence-corrected chi connectivity index (χ1v) is 4.08. The van der Waals surface area contributed by atoms with Crippen LogP contribution < -0.4 is 0 Å². The van der Waals surface area contributed by atoms with Crippen LogP contribution in [-0.4, -0.2) is 11.6 Å². The predicted molar refractivity (Wildman–Crippen MR) is 54.3 cm³/mol. The number of carbonyl (C=O) groups excluding carboxylic acids is 1. The molecule has 2 nitrogen and oxygen atoms in total. The van der Waals surface area contributed by atoms with Crippen LogP contribution in [0.5, 0.6) is 0 Å². The third-order valence-electron chi connectivity index (χ3n) is 1.66. The van der Waals surface area contributed by atoms with Crippen LogP contribution >= 0.6 is 0 Å². The van der Waals surface area contributed by atoms with Crippen molar-refractivity contribution < 1.29 is 9.53 Å². The summed E-state index contributed by atoms with van der Waals surface area (Å²) >= 11 is 0. The van der Waals surface area contributed by atoms with E-state index in [1.54, 1.807) is 26.0 Å². The summed E-state index contributed by atoms with van der Waals surface area (Å²) in [5, 5.41) is 0. The summed E-state index contributed by atoms with van der Waals surface area (Å²) in [6.07, 6.45) is 3.83. The monoisotopic (exact) mass is 180 g/mol. The molecule has 0 bridgehead atoms. The van der Waals surface area contributed by atoms with Gasteiger partial charge in [-0.1, -0.05) is 19.2 Å². The van der Waals surface area contributed by atoms with Crippen LogP contribution in [-0.2, 0) is 9.53 Å². The van der Waals surface area contributed by atoms with Gasteiger partial charge in [-0.3, -0.25) is 0 Å². The topological polar surface area (TPSA) is 26.3 Å². The van der Waals surface area contributed by atoms with Crippen LogP contribution in [0, 0.1) is 0 Å². The van der Waals surface area contributed by atoms with Gasteiger partial charge in [0.2, 0.25) is 0 Å². The molecule has 0 aromatic carbocycles. The summed E-state index contributed by atoms with van der Waals surface area (Å²) in [7, 11) is 0. The first kappa shape index (κ1) is 11.7. The van der Waals surface area contributed by atoms with Crippen molar-refractivity contribution in [3.63, 3.8) is 0 Å². The van der Waals surface area contributed by atoms with Gasteiger partial charge in [0.05, 0.1) is 0 Å². The Bertz CT molecular complexity index is 240. The number of ether oxygens (including phenoxy) is 1. The minimum atomic E-state index is -0.669. The van der Waals surface area contributed by atoms with E-state index in [4.69, 9.17) is 4.74 Å². The fourth-order valence-corrected chi connectivity index (χ4v) is 0.752. The second-order valence-corrected chi connectivity index (χ2v) is 3.18.